The average Bonchev–Trinajstić information content (AvgIpc) is 2.49. The fourth-order valence-corrected chi connectivity index (χ4v) is 2.63. The highest BCUT2D eigenvalue weighted by Gasteiger charge is 2.09. The topological polar surface area (TPSA) is 25.8 Å². The highest BCUT2D eigenvalue weighted by Crippen LogP contribution is 2.28. The standard InChI is InChI=1S/C17H14Cl2N2/c1-3-11-5-7-15-13(8-11)16(19)21-17(20-15)12-6-4-10(2)14(18)9-12/h4-9H,3H2,1-2H3. The largest absolute Gasteiger partial charge is 0.228 e. The fourth-order valence-electron chi connectivity index (χ4n) is 2.22. The van der Waals surface area contributed by atoms with Crippen molar-refractivity contribution in [3.05, 3.63) is 57.7 Å². The molecule has 0 bridgehead atoms. The molecule has 0 aliphatic heterocycles. The van der Waals surface area contributed by atoms with E-state index in [1.54, 1.807) is 0 Å². The Kier molecular flexibility index (Phi) is 3.83. The molecule has 2 aromatic carbocycles. The Labute approximate surface area is 133 Å². The zero-order valence-corrected chi connectivity index (χ0v) is 13.3. The molecule has 3 aromatic rings. The summed E-state index contributed by atoms with van der Waals surface area (Å²) in [6.07, 6.45) is 0.960. The molecule has 0 aliphatic rings. The molecule has 0 amide bonds. The Morgan fingerprint density at radius 1 is 1.00 bits per heavy atom. The summed E-state index contributed by atoms with van der Waals surface area (Å²) in [7, 11) is 0. The van der Waals surface area contributed by atoms with Gasteiger partial charge in [0.15, 0.2) is 5.82 Å². The zero-order chi connectivity index (χ0) is 15.0. The van der Waals surface area contributed by atoms with E-state index in [1.165, 1.54) is 5.56 Å². The van der Waals surface area contributed by atoms with Crippen LogP contribution in [0.3, 0.4) is 0 Å². The van der Waals surface area contributed by atoms with Gasteiger partial charge in [-0.1, -0.05) is 48.3 Å². The van der Waals surface area contributed by atoms with Crippen molar-refractivity contribution in [2.24, 2.45) is 0 Å². The summed E-state index contributed by atoms with van der Waals surface area (Å²) in [5.41, 5.74) is 3.96. The van der Waals surface area contributed by atoms with Gasteiger partial charge in [-0.2, -0.15) is 0 Å². The Balaban J connectivity index is 2.18. The number of benzene rings is 2. The summed E-state index contributed by atoms with van der Waals surface area (Å²) >= 11 is 12.5. The lowest BCUT2D eigenvalue weighted by molar-refractivity contribution is 1.14. The molecule has 21 heavy (non-hydrogen) atoms. The van der Waals surface area contributed by atoms with E-state index in [4.69, 9.17) is 23.2 Å². The van der Waals surface area contributed by atoms with Crippen LogP contribution in [0.5, 0.6) is 0 Å². The van der Waals surface area contributed by atoms with Crippen LogP contribution in [-0.2, 0) is 6.42 Å². The lowest BCUT2D eigenvalue weighted by Crippen LogP contribution is -1.93. The highest BCUT2D eigenvalue weighted by molar-refractivity contribution is 6.34. The van der Waals surface area contributed by atoms with Gasteiger partial charge in [-0.05, 0) is 42.7 Å². The maximum absolute atomic E-state index is 6.33. The molecule has 106 valence electrons. The summed E-state index contributed by atoms with van der Waals surface area (Å²) in [5, 5.41) is 2.06. The monoisotopic (exact) mass is 316 g/mol. The van der Waals surface area contributed by atoms with Crippen LogP contribution >= 0.6 is 23.2 Å². The first-order valence-corrected chi connectivity index (χ1v) is 7.57. The van der Waals surface area contributed by atoms with Crippen LogP contribution in [0.15, 0.2) is 36.4 Å². The predicted molar refractivity (Wildman–Crippen MR) is 89.1 cm³/mol. The van der Waals surface area contributed by atoms with Crippen molar-refractivity contribution in [1.29, 1.82) is 0 Å². The SMILES string of the molecule is CCc1ccc2nc(-c3ccc(C)c(Cl)c3)nc(Cl)c2c1. The van der Waals surface area contributed by atoms with Crippen molar-refractivity contribution in [2.45, 2.75) is 20.3 Å². The summed E-state index contributed by atoms with van der Waals surface area (Å²) in [6.45, 7) is 4.07. The molecule has 1 aromatic heterocycles. The molecule has 0 N–H and O–H groups in total. The smallest absolute Gasteiger partial charge is 0.161 e. The molecule has 0 fully saturated rings. The first-order valence-electron chi connectivity index (χ1n) is 6.81. The van der Waals surface area contributed by atoms with E-state index < -0.39 is 0 Å². The van der Waals surface area contributed by atoms with Crippen molar-refractivity contribution in [2.75, 3.05) is 0 Å². The molecule has 0 saturated heterocycles. The molecular formula is C17H14Cl2N2. The second kappa shape index (κ2) is 5.63. The molecule has 0 unspecified atom stereocenters. The number of hydrogen-bond acceptors (Lipinski definition) is 2. The molecule has 0 atom stereocenters. The molecule has 3 rings (SSSR count). The quantitative estimate of drug-likeness (QED) is 0.585. The Hall–Kier alpha value is -1.64. The molecule has 0 saturated carbocycles. The van der Waals surface area contributed by atoms with Crippen molar-refractivity contribution in [3.63, 3.8) is 0 Å². The van der Waals surface area contributed by atoms with Crippen LogP contribution < -0.4 is 0 Å². The second-order valence-electron chi connectivity index (χ2n) is 5.01. The Morgan fingerprint density at radius 3 is 2.52 bits per heavy atom. The third-order valence-corrected chi connectivity index (χ3v) is 4.25. The van der Waals surface area contributed by atoms with Gasteiger partial charge in [0.25, 0.3) is 0 Å². The van der Waals surface area contributed by atoms with Gasteiger partial charge in [0.1, 0.15) is 5.15 Å². The molecule has 0 spiro atoms. The van der Waals surface area contributed by atoms with Crippen LogP contribution in [0.2, 0.25) is 10.2 Å². The van der Waals surface area contributed by atoms with Crippen molar-refractivity contribution >= 4 is 34.1 Å². The van der Waals surface area contributed by atoms with Gasteiger partial charge in [-0.3, -0.25) is 0 Å². The summed E-state index contributed by atoms with van der Waals surface area (Å²) in [6, 6.07) is 11.9. The van der Waals surface area contributed by atoms with E-state index in [-0.39, 0.29) is 0 Å². The van der Waals surface area contributed by atoms with Crippen LogP contribution in [0.4, 0.5) is 0 Å². The fraction of sp³-hybridized carbons (Fsp3) is 0.176. The summed E-state index contributed by atoms with van der Waals surface area (Å²) < 4.78 is 0. The number of halogens is 2. The molecule has 0 aliphatic carbocycles. The highest BCUT2D eigenvalue weighted by atomic mass is 35.5. The predicted octanol–water partition coefficient (Wildman–Crippen LogP) is 5.47. The number of hydrogen-bond donors (Lipinski definition) is 0. The minimum Gasteiger partial charge on any atom is -0.228 e. The Bertz CT molecular complexity index is 828. The molecule has 2 nitrogen and oxygen atoms in total. The molecule has 4 heteroatoms. The van der Waals surface area contributed by atoms with Gasteiger partial charge < -0.3 is 0 Å². The van der Waals surface area contributed by atoms with Crippen LogP contribution in [-0.4, -0.2) is 9.97 Å². The Morgan fingerprint density at radius 2 is 1.81 bits per heavy atom. The second-order valence-corrected chi connectivity index (χ2v) is 5.77. The van der Waals surface area contributed by atoms with Crippen LogP contribution in [0.25, 0.3) is 22.3 Å². The van der Waals surface area contributed by atoms with Gasteiger partial charge in [0, 0.05) is 16.0 Å². The lowest BCUT2D eigenvalue weighted by atomic mass is 10.1. The third-order valence-electron chi connectivity index (χ3n) is 3.55. The number of nitrogens with zero attached hydrogens (tertiary/aromatic N) is 2. The summed E-state index contributed by atoms with van der Waals surface area (Å²) in [4.78, 5) is 9.01. The van der Waals surface area contributed by atoms with Crippen molar-refractivity contribution in [3.8, 4) is 11.4 Å². The van der Waals surface area contributed by atoms with Gasteiger partial charge >= 0.3 is 0 Å². The lowest BCUT2D eigenvalue weighted by Gasteiger charge is -2.07. The van der Waals surface area contributed by atoms with E-state index in [0.717, 1.165) is 28.5 Å². The van der Waals surface area contributed by atoms with Crippen molar-refractivity contribution in [1.82, 2.24) is 9.97 Å². The first-order chi connectivity index (χ1) is 10.1. The van der Waals surface area contributed by atoms with Crippen LogP contribution in [0.1, 0.15) is 18.1 Å². The third kappa shape index (κ3) is 2.74. The number of rotatable bonds is 2. The van der Waals surface area contributed by atoms with Gasteiger partial charge in [0.2, 0.25) is 0 Å². The minimum absolute atomic E-state index is 0.474. The number of fused-ring (bicyclic) bond motifs is 1. The van der Waals surface area contributed by atoms with Gasteiger partial charge in [0.05, 0.1) is 5.52 Å². The van der Waals surface area contributed by atoms with Crippen LogP contribution in [0, 0.1) is 6.92 Å². The molecule has 1 heterocycles. The van der Waals surface area contributed by atoms with Crippen molar-refractivity contribution < 1.29 is 0 Å². The normalized spacial score (nSPS) is 11.0. The van der Waals surface area contributed by atoms with Gasteiger partial charge in [-0.25, -0.2) is 9.97 Å². The summed E-state index contributed by atoms with van der Waals surface area (Å²) in [5.74, 6) is 0.596. The minimum atomic E-state index is 0.474. The van der Waals surface area contributed by atoms with E-state index in [9.17, 15) is 0 Å². The maximum Gasteiger partial charge on any atom is 0.161 e. The van der Waals surface area contributed by atoms with Gasteiger partial charge in [-0.15, -0.1) is 0 Å². The van der Waals surface area contributed by atoms with E-state index in [1.807, 2.05) is 37.3 Å². The van der Waals surface area contributed by atoms with E-state index >= 15 is 0 Å². The number of aryl methyl sites for hydroxylation is 2. The maximum atomic E-state index is 6.33. The molecular weight excluding hydrogens is 303 g/mol. The number of aromatic nitrogens is 2. The zero-order valence-electron chi connectivity index (χ0n) is 11.8. The first kappa shape index (κ1) is 14.3. The average molecular weight is 317 g/mol. The van der Waals surface area contributed by atoms with E-state index in [0.29, 0.717) is 16.0 Å². The van der Waals surface area contributed by atoms with E-state index in [2.05, 4.69) is 23.0 Å². The molecule has 0 radical (unpaired) electrons.